The van der Waals surface area contributed by atoms with Crippen molar-refractivity contribution in [1.29, 1.82) is 0 Å². The van der Waals surface area contributed by atoms with Crippen LogP contribution in [0.1, 0.15) is 17.7 Å². The van der Waals surface area contributed by atoms with Crippen molar-refractivity contribution in [3.8, 4) is 0 Å². The van der Waals surface area contributed by atoms with Crippen LogP contribution in [-0.2, 0) is 32.0 Å². The lowest BCUT2D eigenvalue weighted by Crippen LogP contribution is -2.37. The number of hydrogen-bond donors (Lipinski definition) is 3. The summed E-state index contributed by atoms with van der Waals surface area (Å²) in [4.78, 5) is 23.6. The number of hydrogen-bond acceptors (Lipinski definition) is 7. The first-order chi connectivity index (χ1) is 17.2. The summed E-state index contributed by atoms with van der Waals surface area (Å²) in [7, 11) is 0. The Hall–Kier alpha value is -3.05. The summed E-state index contributed by atoms with van der Waals surface area (Å²) in [5.74, 6) is -3.49. The van der Waals surface area contributed by atoms with Gasteiger partial charge in [-0.1, -0.05) is 23.7 Å². The largest absolute Gasteiger partial charge is 0.473 e. The minimum Gasteiger partial charge on any atom is -0.473 e. The van der Waals surface area contributed by atoms with Crippen LogP contribution in [0.25, 0.3) is 0 Å². The quantitative estimate of drug-likeness (QED) is 0.222. The lowest BCUT2D eigenvalue weighted by molar-refractivity contribution is -0.180. The van der Waals surface area contributed by atoms with E-state index >= 15 is 0 Å². The van der Waals surface area contributed by atoms with Crippen LogP contribution in [0.5, 0.6) is 0 Å². The van der Waals surface area contributed by atoms with Crippen LogP contribution in [0.4, 0.5) is 5.69 Å². The highest BCUT2D eigenvalue weighted by Gasteiger charge is 2.41. The molecule has 4 rings (SSSR count). The summed E-state index contributed by atoms with van der Waals surface area (Å²) in [5.41, 5.74) is 8.86. The fraction of sp³-hybridized carbons (Fsp3) is 0.320. The third kappa shape index (κ3) is 8.27. The Morgan fingerprint density at radius 1 is 1.17 bits per heavy atom. The van der Waals surface area contributed by atoms with Crippen LogP contribution in [0.2, 0.25) is 5.02 Å². The van der Waals surface area contributed by atoms with Crippen molar-refractivity contribution in [2.75, 3.05) is 18.1 Å². The van der Waals surface area contributed by atoms with Gasteiger partial charge in [0.25, 0.3) is 0 Å². The molecule has 1 aliphatic heterocycles. The number of nitrogens with zero attached hydrogens (tertiary/aromatic N) is 2. The van der Waals surface area contributed by atoms with E-state index in [1.54, 1.807) is 11.8 Å². The summed E-state index contributed by atoms with van der Waals surface area (Å²) in [6.45, 7) is 3.25. The minimum atomic E-state index is -1.82. The molecule has 0 bridgehead atoms. The topological polar surface area (TPSA) is 137 Å². The molecule has 2 unspecified atom stereocenters. The zero-order chi connectivity index (χ0) is 26.1. The number of anilines is 1. The number of carbonyl (C=O) groups is 2. The van der Waals surface area contributed by atoms with Gasteiger partial charge in [-0.2, -0.15) is 0 Å². The van der Waals surface area contributed by atoms with E-state index < -0.39 is 17.7 Å². The van der Waals surface area contributed by atoms with Crippen LogP contribution in [0, 0.1) is 6.92 Å². The first kappa shape index (κ1) is 27.5. The summed E-state index contributed by atoms with van der Waals surface area (Å²) < 4.78 is 14.9. The molecule has 2 atom stereocenters. The number of aryl methyl sites for hydroxylation is 2. The molecular weight excluding hydrogens is 506 g/mol. The average Bonchev–Trinajstić information content (AvgIpc) is 3.45. The number of ether oxygens (including phenoxy) is 2. The van der Waals surface area contributed by atoms with Gasteiger partial charge in [0.1, 0.15) is 0 Å². The zero-order valence-electron chi connectivity index (χ0n) is 19.7. The molecule has 2 heterocycles. The number of thioether (sulfide) groups is 1. The maximum atomic E-state index is 9.10. The highest BCUT2D eigenvalue weighted by atomic mass is 35.5. The first-order valence-corrected chi connectivity index (χ1v) is 12.5. The van der Waals surface area contributed by atoms with Crippen LogP contribution < -0.4 is 5.73 Å². The number of carboxylic acids is 2. The van der Waals surface area contributed by atoms with E-state index in [2.05, 4.69) is 21.7 Å². The smallest absolute Gasteiger partial charge is 0.414 e. The van der Waals surface area contributed by atoms with Gasteiger partial charge in [-0.05, 0) is 55.3 Å². The van der Waals surface area contributed by atoms with Gasteiger partial charge in [-0.15, -0.1) is 11.8 Å². The van der Waals surface area contributed by atoms with Crippen LogP contribution in [0.15, 0.2) is 66.0 Å². The van der Waals surface area contributed by atoms with Crippen LogP contribution in [-0.4, -0.2) is 56.0 Å². The van der Waals surface area contributed by atoms with E-state index in [9.17, 15) is 0 Å². The summed E-state index contributed by atoms with van der Waals surface area (Å²) >= 11 is 7.78. The molecule has 0 amide bonds. The third-order valence-electron chi connectivity index (χ3n) is 5.45. The number of imidazole rings is 1. The fourth-order valence-corrected chi connectivity index (χ4v) is 4.54. The number of nitrogen functional groups attached to an aromatic ring is 1. The van der Waals surface area contributed by atoms with Crippen molar-refractivity contribution >= 4 is 41.0 Å². The number of halogens is 1. The molecule has 1 aliphatic rings. The van der Waals surface area contributed by atoms with Crippen molar-refractivity contribution in [2.45, 2.75) is 43.1 Å². The number of benzene rings is 2. The van der Waals surface area contributed by atoms with Crippen molar-refractivity contribution in [3.63, 3.8) is 0 Å². The van der Waals surface area contributed by atoms with Crippen LogP contribution >= 0.6 is 23.4 Å². The zero-order valence-corrected chi connectivity index (χ0v) is 21.2. The van der Waals surface area contributed by atoms with E-state index in [0.29, 0.717) is 13.2 Å². The van der Waals surface area contributed by atoms with Gasteiger partial charge >= 0.3 is 11.9 Å². The van der Waals surface area contributed by atoms with Gasteiger partial charge in [0.05, 0.1) is 25.6 Å². The molecule has 192 valence electrons. The Labute approximate surface area is 218 Å². The minimum absolute atomic E-state index is 0.0293. The number of aliphatic carboxylic acids is 2. The second-order valence-corrected chi connectivity index (χ2v) is 9.77. The molecule has 4 N–H and O–H groups in total. The lowest BCUT2D eigenvalue weighted by atomic mass is 10.0. The van der Waals surface area contributed by atoms with E-state index in [0.717, 1.165) is 35.0 Å². The predicted molar refractivity (Wildman–Crippen MR) is 137 cm³/mol. The second kappa shape index (κ2) is 12.8. The van der Waals surface area contributed by atoms with Gasteiger partial charge < -0.3 is 30.0 Å². The molecule has 9 nitrogen and oxygen atoms in total. The molecule has 1 saturated heterocycles. The van der Waals surface area contributed by atoms with Crippen molar-refractivity contribution in [1.82, 2.24) is 9.55 Å². The van der Waals surface area contributed by atoms with Gasteiger partial charge in [-0.25, -0.2) is 14.6 Å². The van der Waals surface area contributed by atoms with Gasteiger partial charge in [0.15, 0.2) is 5.79 Å². The number of aromatic nitrogens is 2. The Balaban J connectivity index is 0.000000538. The van der Waals surface area contributed by atoms with Crippen molar-refractivity contribution < 1.29 is 29.3 Å². The molecule has 2 aromatic carbocycles. The maximum absolute atomic E-state index is 9.10. The van der Waals surface area contributed by atoms with Gasteiger partial charge in [0.2, 0.25) is 0 Å². The maximum Gasteiger partial charge on any atom is 0.414 e. The average molecular weight is 534 g/mol. The molecule has 0 radical (unpaired) electrons. The lowest BCUT2D eigenvalue weighted by Gasteiger charge is -2.29. The molecule has 0 aliphatic carbocycles. The Bertz CT molecular complexity index is 1140. The van der Waals surface area contributed by atoms with Crippen molar-refractivity contribution in [2.24, 2.45) is 0 Å². The van der Waals surface area contributed by atoms with Crippen molar-refractivity contribution in [3.05, 3.63) is 77.3 Å². The summed E-state index contributed by atoms with van der Waals surface area (Å²) in [5, 5.41) is 15.5. The van der Waals surface area contributed by atoms with Gasteiger partial charge in [-0.3, -0.25) is 0 Å². The standard InChI is InChI=1S/C23H26ClN3O2S.C2H2O4/c1-17-12-26-16-27(17)15-23(11-10-18-2-4-19(24)5-3-18)28-13-21(29-23)14-30-22-8-6-20(25)7-9-22;3-1(4)2(5)6/h2-9,12,16,21H,10-11,13-15,25H2,1H3;(H,3,4)(H,5,6). The molecule has 36 heavy (non-hydrogen) atoms. The fourth-order valence-electron chi connectivity index (χ4n) is 3.54. The Morgan fingerprint density at radius 3 is 2.42 bits per heavy atom. The monoisotopic (exact) mass is 533 g/mol. The molecule has 3 aromatic rings. The number of rotatable bonds is 8. The highest BCUT2D eigenvalue weighted by Crippen LogP contribution is 2.34. The molecule has 1 fully saturated rings. The molecule has 0 spiro atoms. The molecule has 0 saturated carbocycles. The second-order valence-electron chi connectivity index (χ2n) is 8.24. The summed E-state index contributed by atoms with van der Waals surface area (Å²) in [6, 6.07) is 15.9. The van der Waals surface area contributed by atoms with E-state index in [1.807, 2.05) is 55.8 Å². The third-order valence-corrected chi connectivity index (χ3v) is 6.85. The summed E-state index contributed by atoms with van der Waals surface area (Å²) in [6.07, 6.45) is 5.33. The van der Waals surface area contributed by atoms with Crippen LogP contribution in [0.3, 0.4) is 0 Å². The SMILES string of the molecule is Cc1cncn1CC1(CCc2ccc(Cl)cc2)OCC(CSc2ccc(N)cc2)O1.O=C(O)C(=O)O. The number of nitrogens with two attached hydrogens (primary N) is 1. The predicted octanol–water partition coefficient (Wildman–Crippen LogP) is 4.12. The first-order valence-electron chi connectivity index (χ1n) is 11.1. The Morgan fingerprint density at radius 2 is 1.83 bits per heavy atom. The molecule has 11 heteroatoms. The molecule has 1 aromatic heterocycles. The normalized spacial score (nSPS) is 18.9. The molecular formula is C25H28ClN3O6S. The van der Waals surface area contributed by atoms with Gasteiger partial charge in [0, 0.05) is 39.7 Å². The Kier molecular flexibility index (Phi) is 9.77. The van der Waals surface area contributed by atoms with E-state index in [1.165, 1.54) is 10.5 Å². The van der Waals surface area contributed by atoms with E-state index in [-0.39, 0.29) is 6.10 Å². The number of carboxylic acid groups (broad SMARTS) is 2. The highest BCUT2D eigenvalue weighted by molar-refractivity contribution is 7.99. The van der Waals surface area contributed by atoms with E-state index in [4.69, 9.17) is 46.6 Å².